The SMILES string of the molecule is CCc1cc(F)c(CC)c(F)c1C1CC1. The van der Waals surface area contributed by atoms with E-state index in [-0.39, 0.29) is 17.2 Å². The first-order chi connectivity index (χ1) is 7.19. The Kier molecular flexibility index (Phi) is 2.76. The van der Waals surface area contributed by atoms with Crippen LogP contribution in [0.5, 0.6) is 0 Å². The topological polar surface area (TPSA) is 0 Å². The normalized spacial score (nSPS) is 15.7. The van der Waals surface area contributed by atoms with Gasteiger partial charge >= 0.3 is 0 Å². The molecule has 0 saturated heterocycles. The van der Waals surface area contributed by atoms with Crippen LogP contribution in [0.2, 0.25) is 0 Å². The third-order valence-electron chi connectivity index (χ3n) is 3.16. The molecule has 0 amide bonds. The van der Waals surface area contributed by atoms with Crippen LogP contribution in [0, 0.1) is 11.6 Å². The first-order valence-corrected chi connectivity index (χ1v) is 5.68. The highest BCUT2D eigenvalue weighted by molar-refractivity contribution is 5.39. The molecule has 0 heterocycles. The number of halogens is 2. The lowest BCUT2D eigenvalue weighted by Gasteiger charge is -2.12. The van der Waals surface area contributed by atoms with Gasteiger partial charge in [-0.25, -0.2) is 8.78 Å². The van der Waals surface area contributed by atoms with Gasteiger partial charge in [-0.2, -0.15) is 0 Å². The monoisotopic (exact) mass is 210 g/mol. The van der Waals surface area contributed by atoms with Gasteiger partial charge in [0.25, 0.3) is 0 Å². The van der Waals surface area contributed by atoms with E-state index in [1.807, 2.05) is 6.92 Å². The summed E-state index contributed by atoms with van der Waals surface area (Å²) in [4.78, 5) is 0. The van der Waals surface area contributed by atoms with E-state index in [1.165, 1.54) is 6.07 Å². The van der Waals surface area contributed by atoms with E-state index >= 15 is 0 Å². The molecule has 2 heteroatoms. The van der Waals surface area contributed by atoms with Gasteiger partial charge in [-0.1, -0.05) is 13.8 Å². The molecular formula is C13H16F2. The Morgan fingerprint density at radius 3 is 2.33 bits per heavy atom. The van der Waals surface area contributed by atoms with Crippen molar-refractivity contribution in [1.82, 2.24) is 0 Å². The molecule has 1 aliphatic rings. The summed E-state index contributed by atoms with van der Waals surface area (Å²) in [6.07, 6.45) is 3.25. The zero-order valence-electron chi connectivity index (χ0n) is 9.24. The molecule has 1 aromatic rings. The second-order valence-electron chi connectivity index (χ2n) is 4.21. The Balaban J connectivity index is 2.58. The summed E-state index contributed by atoms with van der Waals surface area (Å²) in [5.74, 6) is -0.307. The number of aryl methyl sites for hydroxylation is 1. The third-order valence-corrected chi connectivity index (χ3v) is 3.16. The summed E-state index contributed by atoms with van der Waals surface area (Å²) in [6, 6.07) is 1.52. The summed E-state index contributed by atoms with van der Waals surface area (Å²) in [6.45, 7) is 3.75. The molecule has 0 radical (unpaired) electrons. The summed E-state index contributed by atoms with van der Waals surface area (Å²) >= 11 is 0. The Morgan fingerprint density at radius 1 is 1.20 bits per heavy atom. The van der Waals surface area contributed by atoms with E-state index in [1.54, 1.807) is 6.92 Å². The fourth-order valence-corrected chi connectivity index (χ4v) is 2.16. The minimum absolute atomic E-state index is 0.258. The van der Waals surface area contributed by atoms with Crippen LogP contribution in [0.25, 0.3) is 0 Å². The minimum atomic E-state index is -0.378. The van der Waals surface area contributed by atoms with Crippen molar-refractivity contribution in [2.24, 2.45) is 0 Å². The van der Waals surface area contributed by atoms with E-state index in [4.69, 9.17) is 0 Å². The highest BCUT2D eigenvalue weighted by atomic mass is 19.1. The highest BCUT2D eigenvalue weighted by Crippen LogP contribution is 2.44. The average Bonchev–Trinajstić information content (AvgIpc) is 3.01. The van der Waals surface area contributed by atoms with Crippen LogP contribution >= 0.6 is 0 Å². The Hall–Kier alpha value is -0.920. The molecule has 0 N–H and O–H groups in total. The van der Waals surface area contributed by atoms with Crippen LogP contribution in [0.1, 0.15) is 49.3 Å². The van der Waals surface area contributed by atoms with Crippen molar-refractivity contribution >= 4 is 0 Å². The van der Waals surface area contributed by atoms with Crippen LogP contribution < -0.4 is 0 Å². The summed E-state index contributed by atoms with van der Waals surface area (Å²) < 4.78 is 27.6. The smallest absolute Gasteiger partial charge is 0.133 e. The first kappa shape index (κ1) is 10.6. The standard InChI is InChI=1S/C13H16F2/c1-3-8-7-11(14)10(4-2)13(15)12(8)9-5-6-9/h7,9H,3-6H2,1-2H3. The lowest BCUT2D eigenvalue weighted by Crippen LogP contribution is -2.03. The van der Waals surface area contributed by atoms with Gasteiger partial charge in [0.15, 0.2) is 0 Å². The molecule has 0 nitrogen and oxygen atoms in total. The van der Waals surface area contributed by atoms with Gasteiger partial charge in [-0.3, -0.25) is 0 Å². The summed E-state index contributed by atoms with van der Waals surface area (Å²) in [7, 11) is 0. The molecule has 0 aliphatic heterocycles. The van der Waals surface area contributed by atoms with E-state index in [2.05, 4.69) is 0 Å². The molecule has 0 aromatic heterocycles. The molecule has 15 heavy (non-hydrogen) atoms. The Labute approximate surface area is 89.3 Å². The third kappa shape index (κ3) is 1.77. The fourth-order valence-electron chi connectivity index (χ4n) is 2.16. The lowest BCUT2D eigenvalue weighted by atomic mass is 9.96. The van der Waals surface area contributed by atoms with E-state index in [0.717, 1.165) is 24.0 Å². The van der Waals surface area contributed by atoms with E-state index < -0.39 is 0 Å². The van der Waals surface area contributed by atoms with Crippen molar-refractivity contribution in [2.45, 2.75) is 45.4 Å². The average molecular weight is 210 g/mol. The van der Waals surface area contributed by atoms with Crippen LogP contribution in [0.4, 0.5) is 8.78 Å². The molecule has 2 rings (SSSR count). The van der Waals surface area contributed by atoms with E-state index in [0.29, 0.717) is 18.8 Å². The molecule has 0 spiro atoms. The zero-order chi connectivity index (χ0) is 11.0. The lowest BCUT2D eigenvalue weighted by molar-refractivity contribution is 0.545. The predicted octanol–water partition coefficient (Wildman–Crippen LogP) is 3.97. The maximum absolute atomic E-state index is 14.0. The summed E-state index contributed by atoms with van der Waals surface area (Å²) in [5, 5.41) is 0. The van der Waals surface area contributed by atoms with Crippen molar-refractivity contribution < 1.29 is 8.78 Å². The van der Waals surface area contributed by atoms with Gasteiger partial charge in [0.05, 0.1) is 0 Å². The number of hydrogen-bond acceptors (Lipinski definition) is 0. The number of rotatable bonds is 3. The molecule has 0 bridgehead atoms. The van der Waals surface area contributed by atoms with Gasteiger partial charge in [0.2, 0.25) is 0 Å². The molecule has 1 fully saturated rings. The van der Waals surface area contributed by atoms with Crippen molar-refractivity contribution in [1.29, 1.82) is 0 Å². The van der Waals surface area contributed by atoms with Gasteiger partial charge in [0, 0.05) is 5.56 Å². The van der Waals surface area contributed by atoms with Crippen molar-refractivity contribution in [2.75, 3.05) is 0 Å². The van der Waals surface area contributed by atoms with Crippen molar-refractivity contribution in [3.8, 4) is 0 Å². The molecule has 0 unspecified atom stereocenters. The molecule has 82 valence electrons. The van der Waals surface area contributed by atoms with Crippen molar-refractivity contribution in [3.05, 3.63) is 34.4 Å². The first-order valence-electron chi connectivity index (χ1n) is 5.68. The quantitative estimate of drug-likeness (QED) is 0.708. The zero-order valence-corrected chi connectivity index (χ0v) is 9.24. The van der Waals surface area contributed by atoms with Crippen LogP contribution in [-0.2, 0) is 12.8 Å². The molecular weight excluding hydrogens is 194 g/mol. The largest absolute Gasteiger partial charge is 0.207 e. The predicted molar refractivity (Wildman–Crippen MR) is 57.1 cm³/mol. The minimum Gasteiger partial charge on any atom is -0.207 e. The van der Waals surface area contributed by atoms with Gasteiger partial charge < -0.3 is 0 Å². The van der Waals surface area contributed by atoms with Crippen LogP contribution in [-0.4, -0.2) is 0 Å². The van der Waals surface area contributed by atoms with Crippen LogP contribution in [0.15, 0.2) is 6.07 Å². The fraction of sp³-hybridized carbons (Fsp3) is 0.538. The molecule has 1 aromatic carbocycles. The second kappa shape index (κ2) is 3.92. The molecule has 1 aliphatic carbocycles. The summed E-state index contributed by atoms with van der Waals surface area (Å²) in [5.41, 5.74) is 1.90. The number of benzene rings is 1. The second-order valence-corrected chi connectivity index (χ2v) is 4.21. The van der Waals surface area contributed by atoms with Crippen molar-refractivity contribution in [3.63, 3.8) is 0 Å². The molecule has 1 saturated carbocycles. The van der Waals surface area contributed by atoms with Crippen LogP contribution in [0.3, 0.4) is 0 Å². The number of hydrogen-bond donors (Lipinski definition) is 0. The van der Waals surface area contributed by atoms with E-state index in [9.17, 15) is 8.78 Å². The van der Waals surface area contributed by atoms with Gasteiger partial charge in [0.1, 0.15) is 11.6 Å². The maximum atomic E-state index is 14.0. The highest BCUT2D eigenvalue weighted by Gasteiger charge is 2.30. The Morgan fingerprint density at radius 2 is 1.87 bits per heavy atom. The maximum Gasteiger partial charge on any atom is 0.133 e. The van der Waals surface area contributed by atoms with Gasteiger partial charge in [-0.05, 0) is 48.8 Å². The Bertz CT molecular complexity index is 379. The van der Waals surface area contributed by atoms with Gasteiger partial charge in [-0.15, -0.1) is 0 Å². The molecule has 0 atom stereocenters.